The Labute approximate surface area is 120 Å². The van der Waals surface area contributed by atoms with Gasteiger partial charge in [-0.2, -0.15) is 0 Å². The van der Waals surface area contributed by atoms with Crippen LogP contribution in [0.3, 0.4) is 0 Å². The molecule has 2 unspecified atom stereocenters. The minimum absolute atomic E-state index is 0.0992. The van der Waals surface area contributed by atoms with Crippen LogP contribution in [0.15, 0.2) is 24.3 Å². The van der Waals surface area contributed by atoms with Crippen LogP contribution in [0, 0.1) is 0 Å². The highest BCUT2D eigenvalue weighted by atomic mass is 32.2. The van der Waals surface area contributed by atoms with Gasteiger partial charge in [0.05, 0.1) is 18.5 Å². The van der Waals surface area contributed by atoms with Gasteiger partial charge in [0, 0.05) is 23.2 Å². The van der Waals surface area contributed by atoms with Gasteiger partial charge in [-0.15, -0.1) is 0 Å². The molecule has 0 bridgehead atoms. The molecule has 6 heteroatoms. The predicted octanol–water partition coefficient (Wildman–Crippen LogP) is 1.69. The maximum absolute atomic E-state index is 11.8. The Kier molecular flexibility index (Phi) is 5.55. The van der Waals surface area contributed by atoms with Crippen LogP contribution in [-0.4, -0.2) is 46.1 Å². The zero-order chi connectivity index (χ0) is 14.4. The van der Waals surface area contributed by atoms with Crippen LogP contribution < -0.4 is 4.74 Å². The minimum atomic E-state index is -1.03. The van der Waals surface area contributed by atoms with E-state index < -0.39 is 16.8 Å². The molecule has 2 rings (SSSR count). The van der Waals surface area contributed by atoms with Crippen LogP contribution in [0.2, 0.25) is 0 Å². The predicted molar refractivity (Wildman–Crippen MR) is 75.7 cm³/mol. The van der Waals surface area contributed by atoms with E-state index in [4.69, 9.17) is 14.6 Å². The molecule has 0 aliphatic carbocycles. The molecule has 5 nitrogen and oxygen atoms in total. The quantitative estimate of drug-likeness (QED) is 0.829. The van der Waals surface area contributed by atoms with Gasteiger partial charge < -0.3 is 14.6 Å². The molecule has 1 aliphatic rings. The van der Waals surface area contributed by atoms with Crippen LogP contribution in [0.4, 0.5) is 0 Å². The zero-order valence-corrected chi connectivity index (χ0v) is 11.9. The van der Waals surface area contributed by atoms with E-state index in [1.54, 1.807) is 18.2 Å². The summed E-state index contributed by atoms with van der Waals surface area (Å²) in [4.78, 5) is 11.0. The summed E-state index contributed by atoms with van der Waals surface area (Å²) in [5.74, 6) is 0.202. The Hall–Kier alpha value is -1.40. The summed E-state index contributed by atoms with van der Waals surface area (Å²) in [5.41, 5.74) is 0.123. The molecule has 20 heavy (non-hydrogen) atoms. The van der Waals surface area contributed by atoms with E-state index in [1.165, 1.54) is 6.07 Å². The molecule has 1 saturated heterocycles. The average molecular weight is 298 g/mol. The van der Waals surface area contributed by atoms with Crippen molar-refractivity contribution in [3.8, 4) is 5.75 Å². The second-order valence-electron chi connectivity index (χ2n) is 4.60. The van der Waals surface area contributed by atoms with Gasteiger partial charge in [-0.05, 0) is 25.0 Å². The van der Waals surface area contributed by atoms with Gasteiger partial charge in [0.2, 0.25) is 0 Å². The van der Waals surface area contributed by atoms with Gasteiger partial charge in [-0.3, -0.25) is 4.21 Å². The van der Waals surface area contributed by atoms with Crippen molar-refractivity contribution in [3.63, 3.8) is 0 Å². The Bertz CT molecular complexity index is 482. The fraction of sp³-hybridized carbons (Fsp3) is 0.500. The molecular weight excluding hydrogens is 280 g/mol. The van der Waals surface area contributed by atoms with Crippen molar-refractivity contribution < 1.29 is 23.6 Å². The summed E-state index contributed by atoms with van der Waals surface area (Å²) >= 11 is 0. The summed E-state index contributed by atoms with van der Waals surface area (Å²) in [6.07, 6.45) is 2.10. The topological polar surface area (TPSA) is 72.8 Å². The summed E-state index contributed by atoms with van der Waals surface area (Å²) in [6, 6.07) is 6.45. The number of hydrogen-bond acceptors (Lipinski definition) is 4. The largest absolute Gasteiger partial charge is 0.492 e. The lowest BCUT2D eigenvalue weighted by Gasteiger charge is -2.11. The summed E-state index contributed by atoms with van der Waals surface area (Å²) in [5, 5.41) is 9.01. The molecule has 0 saturated carbocycles. The first-order chi connectivity index (χ1) is 9.66. The lowest BCUT2D eigenvalue weighted by atomic mass is 10.2. The fourth-order valence-corrected chi connectivity index (χ4v) is 3.19. The SMILES string of the molecule is O=C(O)c1ccccc1OCCS(=O)CC1CCCO1. The maximum atomic E-state index is 11.8. The van der Waals surface area contributed by atoms with Crippen molar-refractivity contribution in [1.29, 1.82) is 0 Å². The molecule has 1 N–H and O–H groups in total. The second-order valence-corrected chi connectivity index (χ2v) is 6.22. The molecule has 0 radical (unpaired) electrons. The molecule has 1 aromatic rings. The van der Waals surface area contributed by atoms with E-state index in [9.17, 15) is 9.00 Å². The molecule has 0 spiro atoms. The van der Waals surface area contributed by atoms with E-state index in [2.05, 4.69) is 0 Å². The molecule has 2 atom stereocenters. The van der Waals surface area contributed by atoms with Crippen molar-refractivity contribution >= 4 is 16.8 Å². The monoisotopic (exact) mass is 298 g/mol. The van der Waals surface area contributed by atoms with Gasteiger partial charge in [0.25, 0.3) is 0 Å². The Morgan fingerprint density at radius 1 is 1.45 bits per heavy atom. The third-order valence-corrected chi connectivity index (χ3v) is 4.45. The highest BCUT2D eigenvalue weighted by Crippen LogP contribution is 2.18. The smallest absolute Gasteiger partial charge is 0.339 e. The van der Waals surface area contributed by atoms with Crippen molar-refractivity contribution in [1.82, 2.24) is 0 Å². The number of aromatic carboxylic acids is 1. The van der Waals surface area contributed by atoms with Crippen LogP contribution in [-0.2, 0) is 15.5 Å². The van der Waals surface area contributed by atoms with Gasteiger partial charge in [-0.25, -0.2) is 4.79 Å². The first-order valence-corrected chi connectivity index (χ1v) is 8.07. The van der Waals surface area contributed by atoms with Crippen molar-refractivity contribution in [3.05, 3.63) is 29.8 Å². The van der Waals surface area contributed by atoms with Gasteiger partial charge >= 0.3 is 5.97 Å². The van der Waals surface area contributed by atoms with E-state index in [0.717, 1.165) is 19.4 Å². The van der Waals surface area contributed by atoms with Crippen molar-refractivity contribution in [2.45, 2.75) is 18.9 Å². The average Bonchev–Trinajstić information content (AvgIpc) is 2.92. The Balaban J connectivity index is 1.78. The number of carbonyl (C=O) groups is 1. The molecule has 1 fully saturated rings. The summed E-state index contributed by atoms with van der Waals surface area (Å²) in [7, 11) is -0.998. The fourth-order valence-electron chi connectivity index (χ4n) is 2.08. The number of hydrogen-bond donors (Lipinski definition) is 1. The van der Waals surface area contributed by atoms with E-state index in [1.807, 2.05) is 0 Å². The lowest BCUT2D eigenvalue weighted by Crippen LogP contribution is -2.20. The molecule has 0 amide bonds. The number of benzene rings is 1. The molecule has 1 aromatic carbocycles. The van der Waals surface area contributed by atoms with Crippen LogP contribution >= 0.6 is 0 Å². The molecule has 0 aromatic heterocycles. The van der Waals surface area contributed by atoms with Gasteiger partial charge in [-0.1, -0.05) is 12.1 Å². The second kappa shape index (κ2) is 7.40. The molecule has 110 valence electrons. The number of ether oxygens (including phenoxy) is 2. The minimum Gasteiger partial charge on any atom is -0.492 e. The molecule has 1 heterocycles. The Morgan fingerprint density at radius 3 is 2.95 bits per heavy atom. The first-order valence-electron chi connectivity index (χ1n) is 6.58. The van der Waals surface area contributed by atoms with Crippen LogP contribution in [0.5, 0.6) is 5.75 Å². The van der Waals surface area contributed by atoms with E-state index in [0.29, 0.717) is 17.3 Å². The van der Waals surface area contributed by atoms with Gasteiger partial charge in [0.1, 0.15) is 11.3 Å². The standard InChI is InChI=1S/C14H18O5S/c15-14(16)12-5-1-2-6-13(12)19-8-9-20(17)10-11-4-3-7-18-11/h1-2,5-6,11H,3-4,7-10H2,(H,15,16). The van der Waals surface area contributed by atoms with Crippen molar-refractivity contribution in [2.75, 3.05) is 24.7 Å². The van der Waals surface area contributed by atoms with E-state index >= 15 is 0 Å². The number of carboxylic acids is 1. The normalized spacial score (nSPS) is 19.7. The lowest BCUT2D eigenvalue weighted by molar-refractivity contribution is 0.0692. The molecular formula is C14H18O5S. The van der Waals surface area contributed by atoms with Crippen LogP contribution in [0.25, 0.3) is 0 Å². The maximum Gasteiger partial charge on any atom is 0.339 e. The van der Waals surface area contributed by atoms with Crippen LogP contribution in [0.1, 0.15) is 23.2 Å². The van der Waals surface area contributed by atoms with E-state index in [-0.39, 0.29) is 18.3 Å². The third-order valence-electron chi connectivity index (χ3n) is 3.08. The summed E-state index contributed by atoms with van der Waals surface area (Å²) < 4.78 is 22.7. The third kappa shape index (κ3) is 4.31. The van der Waals surface area contributed by atoms with Crippen molar-refractivity contribution in [2.24, 2.45) is 0 Å². The zero-order valence-electron chi connectivity index (χ0n) is 11.1. The molecule has 1 aliphatic heterocycles. The number of carboxylic acid groups (broad SMARTS) is 1. The summed E-state index contributed by atoms with van der Waals surface area (Å²) in [6.45, 7) is 0.994. The number of rotatable bonds is 7. The number of para-hydroxylation sites is 1. The first kappa shape index (κ1) is 15.0. The Morgan fingerprint density at radius 2 is 2.25 bits per heavy atom. The van der Waals surface area contributed by atoms with Gasteiger partial charge in [0.15, 0.2) is 0 Å². The highest BCUT2D eigenvalue weighted by Gasteiger charge is 2.18. The highest BCUT2D eigenvalue weighted by molar-refractivity contribution is 7.85.